The minimum absolute atomic E-state index is 0.0295. The fourth-order valence-corrected chi connectivity index (χ4v) is 2.18. The number of rotatable bonds is 7. The van der Waals surface area contributed by atoms with Crippen molar-refractivity contribution in [1.82, 2.24) is 0 Å². The van der Waals surface area contributed by atoms with Crippen LogP contribution in [0.5, 0.6) is 11.5 Å². The first-order valence-corrected chi connectivity index (χ1v) is 7.33. The molecule has 0 aromatic heterocycles. The lowest BCUT2D eigenvalue weighted by Crippen LogP contribution is -2.04. The lowest BCUT2D eigenvalue weighted by atomic mass is 10.1. The van der Waals surface area contributed by atoms with Crippen molar-refractivity contribution in [2.45, 2.75) is 6.92 Å². The molecule has 0 aliphatic rings. The Kier molecular flexibility index (Phi) is 5.68. The maximum absolute atomic E-state index is 11.2. The van der Waals surface area contributed by atoms with Crippen LogP contribution in [0.1, 0.15) is 12.5 Å². The highest BCUT2D eigenvalue weighted by Crippen LogP contribution is 2.29. The number of anilines is 1. The molecule has 0 aliphatic carbocycles. The van der Waals surface area contributed by atoms with Crippen molar-refractivity contribution in [3.63, 3.8) is 0 Å². The summed E-state index contributed by atoms with van der Waals surface area (Å²) in [5.74, 6) is 1.14. The van der Waals surface area contributed by atoms with E-state index in [-0.39, 0.29) is 11.4 Å². The van der Waals surface area contributed by atoms with Gasteiger partial charge in [-0.3, -0.25) is 25.7 Å². The van der Waals surface area contributed by atoms with Crippen LogP contribution in [0, 0.1) is 20.2 Å². The molecular weight excluding hydrogens is 344 g/mol. The highest BCUT2D eigenvalue weighted by molar-refractivity contribution is 6.02. The molecule has 0 spiro atoms. The molecule has 0 aliphatic heterocycles. The predicted molar refractivity (Wildman–Crippen MR) is 95.1 cm³/mol. The fraction of sp³-hybridized carbons (Fsp3) is 0.188. The van der Waals surface area contributed by atoms with Gasteiger partial charge in [0, 0.05) is 11.6 Å². The first-order valence-electron chi connectivity index (χ1n) is 7.33. The third-order valence-electron chi connectivity index (χ3n) is 3.53. The molecule has 0 heterocycles. The third-order valence-corrected chi connectivity index (χ3v) is 3.53. The summed E-state index contributed by atoms with van der Waals surface area (Å²) >= 11 is 0. The molecule has 0 fully saturated rings. The van der Waals surface area contributed by atoms with Crippen molar-refractivity contribution >= 4 is 22.8 Å². The van der Waals surface area contributed by atoms with Gasteiger partial charge in [0.2, 0.25) is 0 Å². The van der Waals surface area contributed by atoms with Gasteiger partial charge in [-0.05, 0) is 31.2 Å². The quantitative estimate of drug-likeness (QED) is 0.455. The summed E-state index contributed by atoms with van der Waals surface area (Å²) < 4.78 is 10.4. The fourth-order valence-electron chi connectivity index (χ4n) is 2.18. The van der Waals surface area contributed by atoms with E-state index in [4.69, 9.17) is 9.47 Å². The van der Waals surface area contributed by atoms with Crippen LogP contribution in [-0.4, -0.2) is 29.8 Å². The third kappa shape index (κ3) is 4.04. The van der Waals surface area contributed by atoms with Gasteiger partial charge in [-0.1, -0.05) is 0 Å². The molecule has 2 aromatic rings. The lowest BCUT2D eigenvalue weighted by molar-refractivity contribution is -0.393. The molecular formula is C16H16N4O6. The van der Waals surface area contributed by atoms with Crippen molar-refractivity contribution in [3.05, 3.63) is 62.2 Å². The van der Waals surface area contributed by atoms with Crippen LogP contribution in [0.2, 0.25) is 0 Å². The Labute approximate surface area is 148 Å². The molecule has 0 bridgehead atoms. The molecule has 2 aromatic carbocycles. The van der Waals surface area contributed by atoms with Gasteiger partial charge in [-0.25, -0.2) is 0 Å². The predicted octanol–water partition coefficient (Wildman–Crippen LogP) is 3.36. The highest BCUT2D eigenvalue weighted by Gasteiger charge is 2.19. The molecule has 0 saturated heterocycles. The number of benzene rings is 2. The van der Waals surface area contributed by atoms with Crippen LogP contribution in [0.4, 0.5) is 17.1 Å². The number of hydrazone groups is 1. The smallest absolute Gasteiger partial charge is 0.301 e. The number of hydrogen-bond donors (Lipinski definition) is 1. The van der Waals surface area contributed by atoms with E-state index in [0.29, 0.717) is 22.8 Å². The van der Waals surface area contributed by atoms with Crippen LogP contribution in [0.15, 0.2) is 41.5 Å². The monoisotopic (exact) mass is 360 g/mol. The van der Waals surface area contributed by atoms with E-state index >= 15 is 0 Å². The van der Waals surface area contributed by atoms with E-state index in [1.807, 2.05) is 0 Å². The standard InChI is InChI=1S/C16H16N4O6/c1-10(13-9-12(25-2)5-7-16(13)26-3)17-18-14-6-4-11(19(21)22)8-15(14)20(23)24/h4-9,18H,1-3H3/b17-10-. The Hall–Kier alpha value is -3.69. The van der Waals surface area contributed by atoms with Crippen LogP contribution in [-0.2, 0) is 0 Å². The molecule has 0 atom stereocenters. The molecule has 0 radical (unpaired) electrons. The second-order valence-corrected chi connectivity index (χ2v) is 5.09. The number of nitrogens with zero attached hydrogens (tertiary/aromatic N) is 3. The van der Waals surface area contributed by atoms with Crippen molar-refractivity contribution < 1.29 is 19.3 Å². The minimum atomic E-state index is -0.716. The summed E-state index contributed by atoms with van der Waals surface area (Å²) in [7, 11) is 3.03. The summed E-state index contributed by atoms with van der Waals surface area (Å²) in [6, 6.07) is 8.41. The first kappa shape index (κ1) is 18.6. The Morgan fingerprint density at radius 1 is 1.04 bits per heavy atom. The topological polar surface area (TPSA) is 129 Å². The van der Waals surface area contributed by atoms with Gasteiger partial charge in [-0.2, -0.15) is 5.10 Å². The minimum Gasteiger partial charge on any atom is -0.497 e. The lowest BCUT2D eigenvalue weighted by Gasteiger charge is -2.10. The van der Waals surface area contributed by atoms with Gasteiger partial charge in [0.05, 0.1) is 35.8 Å². The Morgan fingerprint density at radius 3 is 2.35 bits per heavy atom. The van der Waals surface area contributed by atoms with E-state index in [1.54, 1.807) is 25.1 Å². The summed E-state index contributed by atoms with van der Waals surface area (Å²) in [5.41, 5.74) is 2.89. The zero-order chi connectivity index (χ0) is 19.3. The van der Waals surface area contributed by atoms with Gasteiger partial charge >= 0.3 is 5.69 Å². The van der Waals surface area contributed by atoms with E-state index in [1.165, 1.54) is 20.3 Å². The van der Waals surface area contributed by atoms with E-state index in [9.17, 15) is 20.2 Å². The first-order chi connectivity index (χ1) is 12.4. The maximum atomic E-state index is 11.2. The number of non-ortho nitro benzene ring substituents is 1. The van der Waals surface area contributed by atoms with E-state index < -0.39 is 15.5 Å². The molecule has 136 valence electrons. The summed E-state index contributed by atoms with van der Waals surface area (Å²) in [6.45, 7) is 1.68. The van der Waals surface area contributed by atoms with Crippen molar-refractivity contribution in [3.8, 4) is 11.5 Å². The van der Waals surface area contributed by atoms with Gasteiger partial charge in [0.1, 0.15) is 17.2 Å². The molecule has 0 amide bonds. The molecule has 10 nitrogen and oxygen atoms in total. The van der Waals surface area contributed by atoms with Gasteiger partial charge in [0.25, 0.3) is 5.69 Å². The summed E-state index contributed by atoms with van der Waals surface area (Å²) in [4.78, 5) is 20.5. The second-order valence-electron chi connectivity index (χ2n) is 5.09. The zero-order valence-electron chi connectivity index (χ0n) is 14.3. The molecule has 1 N–H and O–H groups in total. The Morgan fingerprint density at radius 2 is 1.77 bits per heavy atom. The maximum Gasteiger partial charge on any atom is 0.301 e. The van der Waals surface area contributed by atoms with Gasteiger partial charge in [-0.15, -0.1) is 0 Å². The average molecular weight is 360 g/mol. The summed E-state index contributed by atoms with van der Waals surface area (Å²) in [6.07, 6.45) is 0. The van der Waals surface area contributed by atoms with Crippen LogP contribution >= 0.6 is 0 Å². The van der Waals surface area contributed by atoms with Crippen molar-refractivity contribution in [2.24, 2.45) is 5.10 Å². The number of ether oxygens (including phenoxy) is 2. The normalized spacial score (nSPS) is 11.0. The molecule has 10 heteroatoms. The van der Waals surface area contributed by atoms with Crippen molar-refractivity contribution in [1.29, 1.82) is 0 Å². The highest BCUT2D eigenvalue weighted by atomic mass is 16.6. The Bertz CT molecular complexity index is 881. The van der Waals surface area contributed by atoms with Crippen LogP contribution in [0.25, 0.3) is 0 Å². The molecule has 2 rings (SSSR count). The van der Waals surface area contributed by atoms with Gasteiger partial charge < -0.3 is 9.47 Å². The van der Waals surface area contributed by atoms with E-state index in [2.05, 4.69) is 10.5 Å². The molecule has 26 heavy (non-hydrogen) atoms. The Balaban J connectivity index is 2.37. The molecule has 0 saturated carbocycles. The van der Waals surface area contributed by atoms with Gasteiger partial charge in [0.15, 0.2) is 0 Å². The summed E-state index contributed by atoms with van der Waals surface area (Å²) in [5, 5.41) is 26.1. The second kappa shape index (κ2) is 7.92. The van der Waals surface area contributed by atoms with Crippen LogP contribution < -0.4 is 14.9 Å². The van der Waals surface area contributed by atoms with Crippen LogP contribution in [0.3, 0.4) is 0 Å². The van der Waals surface area contributed by atoms with E-state index in [0.717, 1.165) is 12.1 Å². The SMILES string of the molecule is COc1ccc(OC)c(/C(C)=N\Nc2ccc([N+](=O)[O-])cc2[N+](=O)[O-])c1. The number of nitro groups is 2. The number of hydrogen-bond acceptors (Lipinski definition) is 8. The van der Waals surface area contributed by atoms with Crippen molar-refractivity contribution in [2.75, 3.05) is 19.6 Å². The number of nitro benzene ring substituents is 2. The molecule has 0 unspecified atom stereocenters. The zero-order valence-corrected chi connectivity index (χ0v) is 14.3. The number of nitrogens with one attached hydrogen (secondary N) is 1. The average Bonchev–Trinajstić information content (AvgIpc) is 2.65. The number of methoxy groups -OCH3 is 2. The largest absolute Gasteiger partial charge is 0.497 e.